The average molecular weight is 531 g/mol. The average Bonchev–Trinajstić information content (AvgIpc) is 3.42. The summed E-state index contributed by atoms with van der Waals surface area (Å²) in [6.45, 7) is 6.54. The van der Waals surface area contributed by atoms with E-state index in [1.165, 1.54) is 25.9 Å². The summed E-state index contributed by atoms with van der Waals surface area (Å²) < 4.78 is 7.37. The monoisotopic (exact) mass is 531 g/mol. The Hall–Kier alpha value is -1.40. The molecule has 3 fully saturated rings. The Bertz CT molecular complexity index is 741. The molecule has 3 aliphatic rings. The number of likely N-dealkylation sites (tertiary alicyclic amines) is 1. The number of carbonyl (C=O) groups is 1. The number of hydrogen-bond acceptors (Lipinski definition) is 5. The number of aliphatic imine (C=N–C) groups is 1. The Labute approximate surface area is 195 Å². The molecule has 4 heterocycles. The van der Waals surface area contributed by atoms with Crippen molar-refractivity contribution >= 4 is 41.5 Å². The molecule has 0 saturated carbocycles. The van der Waals surface area contributed by atoms with Gasteiger partial charge in [0.25, 0.3) is 0 Å². The van der Waals surface area contributed by atoms with Crippen LogP contribution in [0.25, 0.3) is 0 Å². The molecule has 0 bridgehead atoms. The van der Waals surface area contributed by atoms with E-state index in [1.807, 2.05) is 13.2 Å². The topological polar surface area (TPSA) is 78.2 Å². The van der Waals surface area contributed by atoms with Crippen LogP contribution in [0.5, 0.6) is 0 Å². The number of piperazine rings is 1. The van der Waals surface area contributed by atoms with Gasteiger partial charge in [-0.15, -0.1) is 24.0 Å². The molecule has 1 aromatic rings. The summed E-state index contributed by atoms with van der Waals surface area (Å²) in [5.74, 6) is 0.891. The maximum Gasteiger partial charge on any atom is 0.246 e. The van der Waals surface area contributed by atoms with Gasteiger partial charge in [-0.25, -0.2) is 0 Å². The van der Waals surface area contributed by atoms with Gasteiger partial charge in [0, 0.05) is 58.7 Å². The molecule has 10 heteroatoms. The fraction of sp³-hybridized carbons (Fsp3) is 0.750. The van der Waals surface area contributed by atoms with Gasteiger partial charge < -0.3 is 19.9 Å². The number of nitrogens with one attached hydrogen (secondary N) is 1. The largest absolute Gasteiger partial charge is 0.381 e. The lowest BCUT2D eigenvalue weighted by molar-refractivity contribution is -0.120. The molecule has 1 aromatic heterocycles. The Balaban J connectivity index is 0.00000256. The van der Waals surface area contributed by atoms with Crippen LogP contribution in [-0.4, -0.2) is 96.5 Å². The van der Waals surface area contributed by atoms with Gasteiger partial charge in [-0.2, -0.15) is 5.10 Å². The molecule has 1 N–H and O–H groups in total. The van der Waals surface area contributed by atoms with Crippen molar-refractivity contribution < 1.29 is 9.53 Å². The Kier molecular flexibility index (Phi) is 7.97. The van der Waals surface area contributed by atoms with E-state index in [0.29, 0.717) is 13.1 Å². The zero-order valence-corrected chi connectivity index (χ0v) is 20.4. The maximum absolute atomic E-state index is 12.8. The fourth-order valence-electron chi connectivity index (χ4n) is 4.80. The van der Waals surface area contributed by atoms with Crippen molar-refractivity contribution in [2.75, 3.05) is 64.4 Å². The van der Waals surface area contributed by atoms with Gasteiger partial charge in [0.15, 0.2) is 5.96 Å². The highest BCUT2D eigenvalue weighted by Gasteiger charge is 2.40. The summed E-state index contributed by atoms with van der Waals surface area (Å²) in [4.78, 5) is 23.7. The number of hydrogen-bond donors (Lipinski definition) is 1. The van der Waals surface area contributed by atoms with E-state index in [1.54, 1.807) is 22.8 Å². The highest BCUT2D eigenvalue weighted by Crippen LogP contribution is 2.30. The van der Waals surface area contributed by atoms with Crippen LogP contribution in [0.4, 0.5) is 5.69 Å². The molecule has 168 valence electrons. The minimum Gasteiger partial charge on any atom is -0.381 e. The molecule has 4 rings (SSSR count). The number of rotatable bonds is 4. The zero-order chi connectivity index (χ0) is 20.3. The lowest BCUT2D eigenvalue weighted by Crippen LogP contribution is -2.61. The number of aromatic nitrogens is 2. The van der Waals surface area contributed by atoms with E-state index in [4.69, 9.17) is 4.74 Å². The molecule has 3 saturated heterocycles. The third kappa shape index (κ3) is 4.91. The normalized spacial score (nSPS) is 22.9. The molecule has 0 atom stereocenters. The van der Waals surface area contributed by atoms with E-state index in [9.17, 15) is 4.79 Å². The number of nitrogens with zero attached hydrogens (tertiary/aromatic N) is 6. The smallest absolute Gasteiger partial charge is 0.246 e. The van der Waals surface area contributed by atoms with E-state index >= 15 is 0 Å². The SMILES string of the molecule is CN=C(NCC1(N2CCCC2)CCOCC1)N1CCN(c2cnn(C)c2)C(=O)C1.I. The summed E-state index contributed by atoms with van der Waals surface area (Å²) in [5, 5.41) is 7.78. The summed E-state index contributed by atoms with van der Waals surface area (Å²) >= 11 is 0. The molecule has 0 aromatic carbocycles. The van der Waals surface area contributed by atoms with Gasteiger partial charge in [0.2, 0.25) is 5.91 Å². The number of carbonyl (C=O) groups excluding carboxylic acids is 1. The van der Waals surface area contributed by atoms with Crippen molar-refractivity contribution in [2.24, 2.45) is 12.0 Å². The van der Waals surface area contributed by atoms with Gasteiger partial charge in [-0.05, 0) is 38.8 Å². The number of ether oxygens (including phenoxy) is 1. The lowest BCUT2D eigenvalue weighted by atomic mass is 9.88. The third-order valence-corrected chi connectivity index (χ3v) is 6.51. The van der Waals surface area contributed by atoms with Crippen LogP contribution >= 0.6 is 24.0 Å². The maximum atomic E-state index is 12.8. The first-order chi connectivity index (χ1) is 14.1. The van der Waals surface area contributed by atoms with Gasteiger partial charge in [-0.1, -0.05) is 0 Å². The molecule has 0 unspecified atom stereocenters. The van der Waals surface area contributed by atoms with Crippen molar-refractivity contribution in [3.63, 3.8) is 0 Å². The summed E-state index contributed by atoms with van der Waals surface area (Å²) in [6, 6.07) is 0. The number of halogens is 1. The molecule has 0 radical (unpaired) electrons. The Morgan fingerprint density at radius 2 is 1.97 bits per heavy atom. The summed E-state index contributed by atoms with van der Waals surface area (Å²) in [6.07, 6.45) is 8.27. The minimum atomic E-state index is 0. The predicted octanol–water partition coefficient (Wildman–Crippen LogP) is 0.907. The first kappa shape index (κ1) is 23.3. The molecule has 0 spiro atoms. The number of anilines is 1. The van der Waals surface area contributed by atoms with Crippen LogP contribution in [-0.2, 0) is 16.6 Å². The van der Waals surface area contributed by atoms with Crippen molar-refractivity contribution in [3.05, 3.63) is 12.4 Å². The van der Waals surface area contributed by atoms with Crippen LogP contribution in [0.3, 0.4) is 0 Å². The van der Waals surface area contributed by atoms with Crippen LogP contribution in [0.1, 0.15) is 25.7 Å². The number of aryl methyl sites for hydroxylation is 1. The number of amides is 1. The molecule has 30 heavy (non-hydrogen) atoms. The van der Waals surface area contributed by atoms with Gasteiger partial charge in [-0.3, -0.25) is 19.4 Å². The standard InChI is InChI=1S/C20H33N7O2.HI/c1-21-19(22-16-20(5-11-29-12-6-20)26-7-3-4-8-26)25-9-10-27(18(28)15-25)17-13-23-24(2)14-17;/h13-14H,3-12,15-16H2,1-2H3,(H,21,22);1H. The molecule has 1 amide bonds. The van der Waals surface area contributed by atoms with Crippen molar-refractivity contribution in [1.82, 2.24) is 24.9 Å². The second kappa shape index (κ2) is 10.3. The lowest BCUT2D eigenvalue weighted by Gasteiger charge is -2.45. The molecule has 0 aliphatic carbocycles. The van der Waals surface area contributed by atoms with Crippen molar-refractivity contribution in [1.29, 1.82) is 0 Å². The zero-order valence-electron chi connectivity index (χ0n) is 18.0. The predicted molar refractivity (Wildman–Crippen MR) is 128 cm³/mol. The highest BCUT2D eigenvalue weighted by molar-refractivity contribution is 14.0. The first-order valence-corrected chi connectivity index (χ1v) is 10.7. The van der Waals surface area contributed by atoms with Gasteiger partial charge >= 0.3 is 0 Å². The third-order valence-electron chi connectivity index (χ3n) is 6.51. The van der Waals surface area contributed by atoms with Crippen molar-refractivity contribution in [3.8, 4) is 0 Å². The second-order valence-electron chi connectivity index (χ2n) is 8.27. The van der Waals surface area contributed by atoms with Crippen LogP contribution in [0.2, 0.25) is 0 Å². The van der Waals surface area contributed by atoms with Gasteiger partial charge in [0.05, 0.1) is 11.9 Å². The fourth-order valence-corrected chi connectivity index (χ4v) is 4.80. The number of guanidine groups is 1. The highest BCUT2D eigenvalue weighted by atomic mass is 127. The Morgan fingerprint density at radius 1 is 1.23 bits per heavy atom. The van der Waals surface area contributed by atoms with E-state index in [-0.39, 0.29) is 35.4 Å². The molecule has 9 nitrogen and oxygen atoms in total. The van der Waals surface area contributed by atoms with E-state index < -0.39 is 0 Å². The second-order valence-corrected chi connectivity index (χ2v) is 8.27. The quantitative estimate of drug-likeness (QED) is 0.354. The van der Waals surface area contributed by atoms with E-state index in [2.05, 4.69) is 25.2 Å². The molecular formula is C20H34IN7O2. The van der Waals surface area contributed by atoms with Crippen LogP contribution in [0, 0.1) is 0 Å². The van der Waals surface area contributed by atoms with Crippen LogP contribution < -0.4 is 10.2 Å². The first-order valence-electron chi connectivity index (χ1n) is 10.7. The van der Waals surface area contributed by atoms with Crippen molar-refractivity contribution in [2.45, 2.75) is 31.2 Å². The summed E-state index contributed by atoms with van der Waals surface area (Å²) in [7, 11) is 3.66. The Morgan fingerprint density at radius 3 is 2.57 bits per heavy atom. The molecule has 3 aliphatic heterocycles. The minimum absolute atomic E-state index is 0. The van der Waals surface area contributed by atoms with E-state index in [0.717, 1.165) is 50.8 Å². The van der Waals surface area contributed by atoms with Gasteiger partial charge in [0.1, 0.15) is 6.54 Å². The van der Waals surface area contributed by atoms with Crippen LogP contribution in [0.15, 0.2) is 17.4 Å². The summed E-state index contributed by atoms with van der Waals surface area (Å²) in [5.41, 5.74) is 0.988. The molecular weight excluding hydrogens is 497 g/mol.